The third-order valence-corrected chi connectivity index (χ3v) is 4.69. The van der Waals surface area contributed by atoms with Crippen LogP contribution in [-0.4, -0.2) is 38.4 Å². The highest BCUT2D eigenvalue weighted by molar-refractivity contribution is 5.94. The third-order valence-electron chi connectivity index (χ3n) is 4.69. The van der Waals surface area contributed by atoms with Crippen LogP contribution in [0.5, 0.6) is 0 Å². The van der Waals surface area contributed by atoms with Crippen molar-refractivity contribution in [1.82, 2.24) is 19.4 Å². The second-order valence-corrected chi connectivity index (χ2v) is 6.75. The van der Waals surface area contributed by atoms with Crippen LogP contribution < -0.4 is 5.32 Å². The number of amides is 1. The predicted octanol–water partition coefficient (Wildman–Crippen LogP) is 4.49. The van der Waals surface area contributed by atoms with E-state index in [0.717, 1.165) is 36.2 Å². The van der Waals surface area contributed by atoms with Gasteiger partial charge in [0.15, 0.2) is 0 Å². The van der Waals surface area contributed by atoms with Gasteiger partial charge in [0.2, 0.25) is 5.95 Å². The molecule has 3 rings (SSSR count). The molecule has 2 aromatic heterocycles. The summed E-state index contributed by atoms with van der Waals surface area (Å²) in [6, 6.07) is 11.7. The zero-order chi connectivity index (χ0) is 19.9. The number of aromatic nitrogens is 3. The molecule has 0 saturated heterocycles. The Kier molecular flexibility index (Phi) is 6.42. The van der Waals surface area contributed by atoms with Gasteiger partial charge in [-0.25, -0.2) is 9.97 Å². The molecule has 6 heteroatoms. The molecule has 0 saturated carbocycles. The molecule has 0 radical (unpaired) electrons. The van der Waals surface area contributed by atoms with Crippen LogP contribution in [0.2, 0.25) is 0 Å². The fraction of sp³-hybridized carbons (Fsp3) is 0.318. The average molecular weight is 377 g/mol. The molecule has 1 aromatic carbocycles. The number of nitrogens with one attached hydrogen (secondary N) is 1. The van der Waals surface area contributed by atoms with Gasteiger partial charge in [-0.1, -0.05) is 31.5 Å². The van der Waals surface area contributed by atoms with Crippen molar-refractivity contribution in [3.63, 3.8) is 0 Å². The Morgan fingerprint density at radius 3 is 2.46 bits per heavy atom. The van der Waals surface area contributed by atoms with E-state index in [2.05, 4.69) is 22.2 Å². The van der Waals surface area contributed by atoms with Crippen molar-refractivity contribution in [3.8, 4) is 11.1 Å². The SMILES string of the molecule is CCCCN(CC)C(=O)c1cc(-c2cnc(Nc3ccccc3)nc2)cn1C. The average Bonchev–Trinajstić information content (AvgIpc) is 3.11. The molecule has 0 bridgehead atoms. The van der Waals surface area contributed by atoms with E-state index < -0.39 is 0 Å². The first-order valence-electron chi connectivity index (χ1n) is 9.72. The summed E-state index contributed by atoms with van der Waals surface area (Å²) < 4.78 is 1.88. The maximum absolute atomic E-state index is 12.9. The number of carbonyl (C=O) groups is 1. The van der Waals surface area contributed by atoms with Gasteiger partial charge in [0.25, 0.3) is 5.91 Å². The fourth-order valence-electron chi connectivity index (χ4n) is 3.04. The fourth-order valence-corrected chi connectivity index (χ4v) is 3.04. The number of benzene rings is 1. The van der Waals surface area contributed by atoms with Gasteiger partial charge in [0.1, 0.15) is 5.69 Å². The summed E-state index contributed by atoms with van der Waals surface area (Å²) in [5.74, 6) is 0.604. The largest absolute Gasteiger partial charge is 0.346 e. The first-order chi connectivity index (χ1) is 13.6. The van der Waals surface area contributed by atoms with Crippen molar-refractivity contribution < 1.29 is 4.79 Å². The summed E-state index contributed by atoms with van der Waals surface area (Å²) in [6.07, 6.45) is 7.58. The molecule has 0 fully saturated rings. The Labute approximate surface area is 166 Å². The maximum atomic E-state index is 12.9. The first kappa shape index (κ1) is 19.6. The van der Waals surface area contributed by atoms with Gasteiger partial charge in [-0.2, -0.15) is 0 Å². The van der Waals surface area contributed by atoms with E-state index in [1.165, 1.54) is 0 Å². The van der Waals surface area contributed by atoms with Crippen molar-refractivity contribution in [1.29, 1.82) is 0 Å². The minimum atomic E-state index is 0.0629. The number of aryl methyl sites for hydroxylation is 1. The van der Waals surface area contributed by atoms with Crippen LogP contribution in [0.4, 0.5) is 11.6 Å². The molecular formula is C22H27N5O. The molecule has 0 spiro atoms. The first-order valence-corrected chi connectivity index (χ1v) is 9.72. The smallest absolute Gasteiger partial charge is 0.270 e. The summed E-state index contributed by atoms with van der Waals surface area (Å²) in [6.45, 7) is 5.65. The van der Waals surface area contributed by atoms with Crippen molar-refractivity contribution in [2.45, 2.75) is 26.7 Å². The molecule has 6 nitrogen and oxygen atoms in total. The molecule has 0 aliphatic carbocycles. The lowest BCUT2D eigenvalue weighted by atomic mass is 10.2. The summed E-state index contributed by atoms with van der Waals surface area (Å²) in [5.41, 5.74) is 3.43. The normalized spacial score (nSPS) is 10.7. The molecule has 1 N–H and O–H groups in total. The van der Waals surface area contributed by atoms with Gasteiger partial charge in [-0.15, -0.1) is 0 Å². The van der Waals surface area contributed by atoms with E-state index in [0.29, 0.717) is 18.2 Å². The van der Waals surface area contributed by atoms with Gasteiger partial charge < -0.3 is 14.8 Å². The van der Waals surface area contributed by atoms with Crippen LogP contribution in [0.25, 0.3) is 11.1 Å². The third kappa shape index (κ3) is 4.57. The number of nitrogens with zero attached hydrogens (tertiary/aromatic N) is 4. The second kappa shape index (κ2) is 9.17. The van der Waals surface area contributed by atoms with E-state index in [9.17, 15) is 4.79 Å². The Balaban J connectivity index is 1.75. The molecule has 28 heavy (non-hydrogen) atoms. The lowest BCUT2D eigenvalue weighted by Gasteiger charge is -2.20. The maximum Gasteiger partial charge on any atom is 0.270 e. The molecule has 0 aliphatic heterocycles. The molecule has 1 amide bonds. The van der Waals surface area contributed by atoms with Crippen LogP contribution in [0, 0.1) is 0 Å². The number of hydrogen-bond acceptors (Lipinski definition) is 4. The zero-order valence-corrected chi connectivity index (χ0v) is 16.7. The number of rotatable bonds is 8. The van der Waals surface area contributed by atoms with Crippen molar-refractivity contribution >= 4 is 17.5 Å². The van der Waals surface area contributed by atoms with E-state index in [1.54, 1.807) is 12.4 Å². The van der Waals surface area contributed by atoms with E-state index >= 15 is 0 Å². The molecule has 0 atom stereocenters. The number of hydrogen-bond donors (Lipinski definition) is 1. The monoisotopic (exact) mass is 377 g/mol. The summed E-state index contributed by atoms with van der Waals surface area (Å²) >= 11 is 0. The summed E-state index contributed by atoms with van der Waals surface area (Å²) in [4.78, 5) is 23.6. The van der Waals surface area contributed by atoms with Gasteiger partial charge in [-0.3, -0.25) is 4.79 Å². The Hall–Kier alpha value is -3.15. The van der Waals surface area contributed by atoms with Crippen LogP contribution in [0.3, 0.4) is 0 Å². The second-order valence-electron chi connectivity index (χ2n) is 6.75. The topological polar surface area (TPSA) is 63.1 Å². The Morgan fingerprint density at radius 1 is 1.11 bits per heavy atom. The molecule has 0 aliphatic rings. The van der Waals surface area contributed by atoms with E-state index in [4.69, 9.17) is 0 Å². The van der Waals surface area contributed by atoms with E-state index in [-0.39, 0.29) is 5.91 Å². The number of para-hydroxylation sites is 1. The summed E-state index contributed by atoms with van der Waals surface area (Å²) in [5, 5.41) is 3.17. The standard InChI is InChI=1S/C22H27N5O/c1-4-6-12-27(5-2)21(28)20-13-17(16-26(20)3)18-14-23-22(24-15-18)25-19-10-8-7-9-11-19/h7-11,13-16H,4-6,12H2,1-3H3,(H,23,24,25). The van der Waals surface area contributed by atoms with Crippen molar-refractivity contribution in [3.05, 3.63) is 60.7 Å². The molecule has 3 aromatic rings. The zero-order valence-electron chi connectivity index (χ0n) is 16.7. The van der Waals surface area contributed by atoms with Crippen LogP contribution in [0.15, 0.2) is 55.0 Å². The summed E-state index contributed by atoms with van der Waals surface area (Å²) in [7, 11) is 1.90. The predicted molar refractivity (Wildman–Crippen MR) is 113 cm³/mol. The molecule has 0 unspecified atom stereocenters. The van der Waals surface area contributed by atoms with Crippen LogP contribution in [0.1, 0.15) is 37.2 Å². The molecule has 146 valence electrons. The number of carbonyl (C=O) groups excluding carboxylic acids is 1. The minimum absolute atomic E-state index is 0.0629. The molecule has 2 heterocycles. The lowest BCUT2D eigenvalue weighted by Crippen LogP contribution is -2.32. The van der Waals surface area contributed by atoms with Crippen molar-refractivity contribution in [2.24, 2.45) is 7.05 Å². The van der Waals surface area contributed by atoms with Crippen LogP contribution in [-0.2, 0) is 7.05 Å². The minimum Gasteiger partial charge on any atom is -0.346 e. The molecular weight excluding hydrogens is 350 g/mol. The highest BCUT2D eigenvalue weighted by Gasteiger charge is 2.18. The Bertz CT molecular complexity index is 902. The quantitative estimate of drug-likeness (QED) is 0.628. The number of anilines is 2. The van der Waals surface area contributed by atoms with Gasteiger partial charge in [-0.05, 0) is 31.5 Å². The van der Waals surface area contributed by atoms with Gasteiger partial charge in [0.05, 0.1) is 0 Å². The lowest BCUT2D eigenvalue weighted by molar-refractivity contribution is 0.0753. The van der Waals surface area contributed by atoms with E-state index in [1.807, 2.05) is 66.0 Å². The van der Waals surface area contributed by atoms with Gasteiger partial charge in [0, 0.05) is 55.5 Å². The highest BCUT2D eigenvalue weighted by atomic mass is 16.2. The number of unbranched alkanes of at least 4 members (excludes halogenated alkanes) is 1. The van der Waals surface area contributed by atoms with Gasteiger partial charge >= 0.3 is 0 Å². The van der Waals surface area contributed by atoms with Crippen molar-refractivity contribution in [2.75, 3.05) is 18.4 Å². The Morgan fingerprint density at radius 2 is 1.82 bits per heavy atom. The highest BCUT2D eigenvalue weighted by Crippen LogP contribution is 2.22. The van der Waals surface area contributed by atoms with Crippen LogP contribution >= 0.6 is 0 Å².